The number of hydrogen-bond donors (Lipinski definition) is 2. The Morgan fingerprint density at radius 2 is 2.25 bits per heavy atom. The standard InChI is InChI=1S/C10H14N2O3S/c1-6(2)3-7(10(14)15)12-9(13)8-4-16-5-11-8/h4-7H,3H2,1-2H3,(H,12,13)(H,14,15). The maximum Gasteiger partial charge on any atom is 0.326 e. The molecule has 0 fully saturated rings. The normalized spacial score (nSPS) is 12.4. The van der Waals surface area contributed by atoms with E-state index in [1.807, 2.05) is 13.8 Å². The number of amides is 1. The Morgan fingerprint density at radius 1 is 1.56 bits per heavy atom. The van der Waals surface area contributed by atoms with E-state index >= 15 is 0 Å². The van der Waals surface area contributed by atoms with Crippen LogP contribution in [0.2, 0.25) is 0 Å². The zero-order valence-electron chi connectivity index (χ0n) is 9.14. The van der Waals surface area contributed by atoms with Crippen LogP contribution in [0.15, 0.2) is 10.9 Å². The van der Waals surface area contributed by atoms with Crippen LogP contribution in [-0.4, -0.2) is 28.0 Å². The Kier molecular flexibility index (Phi) is 4.42. The molecular formula is C10H14N2O3S. The van der Waals surface area contributed by atoms with E-state index in [0.717, 1.165) is 0 Å². The summed E-state index contributed by atoms with van der Waals surface area (Å²) in [6, 6.07) is -0.853. The van der Waals surface area contributed by atoms with Crippen LogP contribution < -0.4 is 5.32 Å². The van der Waals surface area contributed by atoms with Crippen LogP contribution in [0.25, 0.3) is 0 Å². The third kappa shape index (κ3) is 3.62. The monoisotopic (exact) mass is 242 g/mol. The molecule has 5 nitrogen and oxygen atoms in total. The van der Waals surface area contributed by atoms with E-state index in [4.69, 9.17) is 5.11 Å². The molecule has 1 aromatic heterocycles. The molecule has 1 unspecified atom stereocenters. The third-order valence-corrected chi connectivity index (χ3v) is 2.56. The molecule has 16 heavy (non-hydrogen) atoms. The molecule has 0 saturated carbocycles. The van der Waals surface area contributed by atoms with E-state index in [0.29, 0.717) is 6.42 Å². The molecule has 0 aliphatic rings. The summed E-state index contributed by atoms with van der Waals surface area (Å²) in [5.74, 6) is -1.25. The predicted octanol–water partition coefficient (Wildman–Crippen LogP) is 1.37. The summed E-state index contributed by atoms with van der Waals surface area (Å²) in [5.41, 5.74) is 1.80. The molecule has 0 radical (unpaired) electrons. The molecular weight excluding hydrogens is 228 g/mol. The van der Waals surface area contributed by atoms with Gasteiger partial charge in [-0.1, -0.05) is 13.8 Å². The van der Waals surface area contributed by atoms with Crippen LogP contribution in [0, 0.1) is 5.92 Å². The lowest BCUT2D eigenvalue weighted by Gasteiger charge is -2.15. The van der Waals surface area contributed by atoms with Crippen molar-refractivity contribution in [3.8, 4) is 0 Å². The van der Waals surface area contributed by atoms with Gasteiger partial charge in [-0.3, -0.25) is 4.79 Å². The second-order valence-electron chi connectivity index (χ2n) is 3.87. The summed E-state index contributed by atoms with van der Waals surface area (Å²) >= 11 is 1.30. The van der Waals surface area contributed by atoms with Crippen LogP contribution in [-0.2, 0) is 4.79 Å². The average molecular weight is 242 g/mol. The minimum Gasteiger partial charge on any atom is -0.480 e. The highest BCUT2D eigenvalue weighted by Crippen LogP contribution is 2.07. The van der Waals surface area contributed by atoms with Crippen molar-refractivity contribution in [1.82, 2.24) is 10.3 Å². The van der Waals surface area contributed by atoms with Crippen molar-refractivity contribution in [3.05, 3.63) is 16.6 Å². The van der Waals surface area contributed by atoms with Gasteiger partial charge in [0.15, 0.2) is 0 Å². The van der Waals surface area contributed by atoms with E-state index in [-0.39, 0.29) is 11.6 Å². The summed E-state index contributed by atoms with van der Waals surface area (Å²) in [5, 5.41) is 13.0. The van der Waals surface area contributed by atoms with Gasteiger partial charge in [-0.25, -0.2) is 9.78 Å². The van der Waals surface area contributed by atoms with Gasteiger partial charge >= 0.3 is 5.97 Å². The topological polar surface area (TPSA) is 79.3 Å². The van der Waals surface area contributed by atoms with Crippen LogP contribution in [0.1, 0.15) is 30.8 Å². The van der Waals surface area contributed by atoms with Gasteiger partial charge in [0, 0.05) is 5.38 Å². The first-order valence-electron chi connectivity index (χ1n) is 4.92. The van der Waals surface area contributed by atoms with Gasteiger partial charge in [0.2, 0.25) is 0 Å². The van der Waals surface area contributed by atoms with Gasteiger partial charge in [0.25, 0.3) is 5.91 Å². The largest absolute Gasteiger partial charge is 0.480 e. The molecule has 2 N–H and O–H groups in total. The quantitative estimate of drug-likeness (QED) is 0.817. The molecule has 1 atom stereocenters. The van der Waals surface area contributed by atoms with Crippen molar-refractivity contribution >= 4 is 23.2 Å². The predicted molar refractivity (Wildman–Crippen MR) is 60.5 cm³/mol. The van der Waals surface area contributed by atoms with Gasteiger partial charge in [-0.15, -0.1) is 11.3 Å². The highest BCUT2D eigenvalue weighted by Gasteiger charge is 2.22. The Labute approximate surface area is 97.5 Å². The fraction of sp³-hybridized carbons (Fsp3) is 0.500. The molecule has 6 heteroatoms. The minimum absolute atomic E-state index is 0.205. The molecule has 0 aliphatic heterocycles. The molecule has 1 rings (SSSR count). The minimum atomic E-state index is -1.02. The van der Waals surface area contributed by atoms with Crippen molar-refractivity contribution < 1.29 is 14.7 Å². The van der Waals surface area contributed by atoms with E-state index in [9.17, 15) is 9.59 Å². The molecule has 1 aromatic rings. The maximum absolute atomic E-state index is 11.6. The van der Waals surface area contributed by atoms with E-state index in [2.05, 4.69) is 10.3 Å². The van der Waals surface area contributed by atoms with Gasteiger partial charge in [0.05, 0.1) is 5.51 Å². The fourth-order valence-corrected chi connectivity index (χ4v) is 1.78. The van der Waals surface area contributed by atoms with Crippen LogP contribution in [0.5, 0.6) is 0 Å². The zero-order valence-corrected chi connectivity index (χ0v) is 9.95. The molecule has 1 heterocycles. The number of aliphatic carboxylic acids is 1. The molecule has 0 aromatic carbocycles. The molecule has 0 spiro atoms. The van der Waals surface area contributed by atoms with Crippen molar-refractivity contribution in [1.29, 1.82) is 0 Å². The number of carboxylic acid groups (broad SMARTS) is 1. The van der Waals surface area contributed by atoms with E-state index in [1.54, 1.807) is 5.38 Å². The first kappa shape index (κ1) is 12.6. The fourth-order valence-electron chi connectivity index (χ4n) is 1.25. The van der Waals surface area contributed by atoms with E-state index < -0.39 is 17.9 Å². The highest BCUT2D eigenvalue weighted by molar-refractivity contribution is 7.07. The van der Waals surface area contributed by atoms with Crippen molar-refractivity contribution in [2.24, 2.45) is 5.92 Å². The van der Waals surface area contributed by atoms with Gasteiger partial charge in [-0.05, 0) is 12.3 Å². The zero-order chi connectivity index (χ0) is 12.1. The van der Waals surface area contributed by atoms with Gasteiger partial charge in [-0.2, -0.15) is 0 Å². The number of carboxylic acids is 1. The van der Waals surface area contributed by atoms with Crippen molar-refractivity contribution in [3.63, 3.8) is 0 Å². The van der Waals surface area contributed by atoms with Crippen molar-refractivity contribution in [2.45, 2.75) is 26.3 Å². The summed E-state index contributed by atoms with van der Waals surface area (Å²) in [6.07, 6.45) is 0.408. The smallest absolute Gasteiger partial charge is 0.326 e. The SMILES string of the molecule is CC(C)CC(NC(=O)c1cscn1)C(=O)O. The number of aromatic nitrogens is 1. The number of hydrogen-bond acceptors (Lipinski definition) is 4. The maximum atomic E-state index is 11.6. The number of nitrogens with zero attached hydrogens (tertiary/aromatic N) is 1. The van der Waals surface area contributed by atoms with Gasteiger partial charge < -0.3 is 10.4 Å². The van der Waals surface area contributed by atoms with Crippen LogP contribution >= 0.6 is 11.3 Å². The second kappa shape index (κ2) is 5.60. The Hall–Kier alpha value is -1.43. The average Bonchev–Trinajstić information content (AvgIpc) is 2.68. The Morgan fingerprint density at radius 3 is 2.69 bits per heavy atom. The molecule has 0 aliphatic carbocycles. The third-order valence-electron chi connectivity index (χ3n) is 1.98. The first-order chi connectivity index (χ1) is 7.50. The van der Waals surface area contributed by atoms with Crippen LogP contribution in [0.4, 0.5) is 0 Å². The summed E-state index contributed by atoms with van der Waals surface area (Å²) in [7, 11) is 0. The lowest BCUT2D eigenvalue weighted by atomic mass is 10.0. The lowest BCUT2D eigenvalue weighted by molar-refractivity contribution is -0.139. The number of rotatable bonds is 5. The summed E-state index contributed by atoms with van der Waals surface area (Å²) in [4.78, 5) is 26.3. The number of carbonyl (C=O) groups is 2. The summed E-state index contributed by atoms with van der Waals surface area (Å²) < 4.78 is 0. The van der Waals surface area contributed by atoms with E-state index in [1.165, 1.54) is 16.8 Å². The first-order valence-corrected chi connectivity index (χ1v) is 5.87. The highest BCUT2D eigenvalue weighted by atomic mass is 32.1. The number of nitrogens with one attached hydrogen (secondary N) is 1. The molecule has 88 valence electrons. The Balaban J connectivity index is 2.62. The molecule has 0 bridgehead atoms. The van der Waals surface area contributed by atoms with Crippen molar-refractivity contribution in [2.75, 3.05) is 0 Å². The molecule has 0 saturated heterocycles. The number of thiazole rings is 1. The molecule has 1 amide bonds. The van der Waals surface area contributed by atoms with Gasteiger partial charge in [0.1, 0.15) is 11.7 Å². The van der Waals surface area contributed by atoms with Crippen LogP contribution in [0.3, 0.4) is 0 Å². The Bertz CT molecular complexity index is 362. The number of carbonyl (C=O) groups excluding carboxylic acids is 1. The second-order valence-corrected chi connectivity index (χ2v) is 4.59. The lowest BCUT2D eigenvalue weighted by Crippen LogP contribution is -2.41. The summed E-state index contributed by atoms with van der Waals surface area (Å²) in [6.45, 7) is 3.82.